The minimum Gasteiger partial charge on any atom is -0.495 e. The lowest BCUT2D eigenvalue weighted by atomic mass is 10.1. The third-order valence-electron chi connectivity index (χ3n) is 5.24. The number of urea groups is 1. The highest BCUT2D eigenvalue weighted by molar-refractivity contribution is 6.32. The number of hydrogen-bond donors (Lipinski definition) is 1. The molecule has 6 nitrogen and oxygen atoms in total. The van der Waals surface area contributed by atoms with E-state index in [0.717, 1.165) is 16.9 Å². The molecule has 0 saturated carbocycles. The summed E-state index contributed by atoms with van der Waals surface area (Å²) in [5.74, 6) is 0.960. The van der Waals surface area contributed by atoms with E-state index in [4.69, 9.17) is 21.1 Å². The van der Waals surface area contributed by atoms with Crippen molar-refractivity contribution in [1.29, 1.82) is 0 Å². The Morgan fingerprint density at radius 2 is 1.86 bits per heavy atom. The van der Waals surface area contributed by atoms with Gasteiger partial charge in [-0.1, -0.05) is 29.8 Å². The summed E-state index contributed by atoms with van der Waals surface area (Å²) in [4.78, 5) is 15.1. The maximum atomic E-state index is 13.3. The average Bonchev–Trinajstić information content (AvgIpc) is 3.17. The van der Waals surface area contributed by atoms with Gasteiger partial charge in [0, 0.05) is 18.0 Å². The average molecular weight is 412 g/mol. The van der Waals surface area contributed by atoms with Crippen LogP contribution in [0.3, 0.4) is 0 Å². The van der Waals surface area contributed by atoms with E-state index in [0.29, 0.717) is 28.8 Å². The number of nitrogens with one attached hydrogen (secondary N) is 1. The monoisotopic (exact) mass is 411 g/mol. The first kappa shape index (κ1) is 19.2. The fraction of sp³-hybridized carbons (Fsp3) is 0.227. The van der Waals surface area contributed by atoms with Gasteiger partial charge in [-0.25, -0.2) is 4.79 Å². The van der Waals surface area contributed by atoms with Crippen LogP contribution in [0, 0.1) is 0 Å². The normalized spacial score (nSPS) is 15.2. The summed E-state index contributed by atoms with van der Waals surface area (Å²) in [6.07, 6.45) is 2.03. The maximum absolute atomic E-state index is 13.3. The van der Waals surface area contributed by atoms with Gasteiger partial charge in [0.1, 0.15) is 11.5 Å². The Balaban J connectivity index is 1.69. The fourth-order valence-corrected chi connectivity index (χ4v) is 3.95. The second-order valence-electron chi connectivity index (χ2n) is 6.85. The maximum Gasteiger partial charge on any atom is 0.322 e. The van der Waals surface area contributed by atoms with E-state index in [1.54, 1.807) is 17.0 Å². The van der Waals surface area contributed by atoms with Gasteiger partial charge in [0.05, 0.1) is 43.2 Å². The molecule has 4 rings (SSSR count). The van der Waals surface area contributed by atoms with Gasteiger partial charge in [0.15, 0.2) is 0 Å². The molecule has 2 amide bonds. The minimum absolute atomic E-state index is 0.128. The van der Waals surface area contributed by atoms with Crippen molar-refractivity contribution in [3.8, 4) is 17.2 Å². The molecule has 0 unspecified atom stereocenters. The topological polar surface area (TPSA) is 55.7 Å². The van der Waals surface area contributed by atoms with Crippen LogP contribution < -0.4 is 14.8 Å². The zero-order valence-electron chi connectivity index (χ0n) is 16.5. The molecule has 7 heteroatoms. The zero-order valence-corrected chi connectivity index (χ0v) is 17.2. The van der Waals surface area contributed by atoms with Crippen LogP contribution in [0.4, 0.5) is 10.5 Å². The summed E-state index contributed by atoms with van der Waals surface area (Å²) < 4.78 is 12.8. The van der Waals surface area contributed by atoms with Gasteiger partial charge in [-0.15, -0.1) is 0 Å². The molecule has 1 atom stereocenters. The number of hydrogen-bond acceptors (Lipinski definition) is 3. The molecule has 0 aliphatic carbocycles. The number of aromatic nitrogens is 1. The smallest absolute Gasteiger partial charge is 0.322 e. The molecule has 2 aromatic carbocycles. The van der Waals surface area contributed by atoms with Crippen LogP contribution in [-0.2, 0) is 6.54 Å². The van der Waals surface area contributed by atoms with Crippen LogP contribution in [-0.4, -0.2) is 29.7 Å². The SMILES string of the molecule is COc1cc(OC)c(NC(=O)N2Cc3ccccc3-n3cccc3[C@H]2C)cc1Cl. The predicted molar refractivity (Wildman–Crippen MR) is 113 cm³/mol. The molecule has 0 radical (unpaired) electrons. The number of carbonyl (C=O) groups is 1. The van der Waals surface area contributed by atoms with Crippen molar-refractivity contribution in [3.05, 3.63) is 71.0 Å². The number of fused-ring (bicyclic) bond motifs is 3. The highest BCUT2D eigenvalue weighted by Gasteiger charge is 2.29. The van der Waals surface area contributed by atoms with E-state index < -0.39 is 0 Å². The molecular weight excluding hydrogens is 390 g/mol. The van der Waals surface area contributed by atoms with Crippen molar-refractivity contribution in [3.63, 3.8) is 0 Å². The summed E-state index contributed by atoms with van der Waals surface area (Å²) in [6.45, 7) is 2.51. The van der Waals surface area contributed by atoms with Crippen LogP contribution in [0.25, 0.3) is 5.69 Å². The van der Waals surface area contributed by atoms with Gasteiger partial charge in [-0.2, -0.15) is 0 Å². The lowest BCUT2D eigenvalue weighted by Crippen LogP contribution is -2.36. The number of halogens is 1. The second-order valence-corrected chi connectivity index (χ2v) is 7.26. The van der Waals surface area contributed by atoms with Crippen molar-refractivity contribution in [2.45, 2.75) is 19.5 Å². The van der Waals surface area contributed by atoms with Crippen LogP contribution in [0.1, 0.15) is 24.2 Å². The Bertz CT molecular complexity index is 1060. The largest absolute Gasteiger partial charge is 0.495 e. The number of carbonyl (C=O) groups excluding carboxylic acids is 1. The molecule has 0 spiro atoms. The van der Waals surface area contributed by atoms with Gasteiger partial charge >= 0.3 is 6.03 Å². The molecule has 150 valence electrons. The predicted octanol–water partition coefficient (Wildman–Crippen LogP) is 5.26. The minimum atomic E-state index is -0.235. The number of anilines is 1. The van der Waals surface area contributed by atoms with Crippen LogP contribution >= 0.6 is 11.6 Å². The molecular formula is C22H22ClN3O3. The molecule has 3 aromatic rings. The Kier molecular flexibility index (Phi) is 5.11. The van der Waals surface area contributed by atoms with Crippen molar-refractivity contribution in [1.82, 2.24) is 9.47 Å². The van der Waals surface area contributed by atoms with Crippen molar-refractivity contribution < 1.29 is 14.3 Å². The quantitative estimate of drug-likeness (QED) is 0.639. The Morgan fingerprint density at radius 1 is 1.10 bits per heavy atom. The first-order valence-corrected chi connectivity index (χ1v) is 9.66. The zero-order chi connectivity index (χ0) is 20.5. The van der Waals surface area contributed by atoms with E-state index in [1.807, 2.05) is 43.5 Å². The first-order chi connectivity index (χ1) is 14.0. The van der Waals surface area contributed by atoms with Crippen LogP contribution in [0.2, 0.25) is 5.02 Å². The third kappa shape index (κ3) is 3.40. The van der Waals surface area contributed by atoms with E-state index in [2.05, 4.69) is 16.0 Å². The fourth-order valence-electron chi connectivity index (χ4n) is 3.71. The lowest BCUT2D eigenvalue weighted by molar-refractivity contribution is 0.189. The second kappa shape index (κ2) is 7.72. The molecule has 2 heterocycles. The number of ether oxygens (including phenoxy) is 2. The number of benzene rings is 2. The molecule has 1 aliphatic rings. The number of amides is 2. The summed E-state index contributed by atoms with van der Waals surface area (Å²) in [7, 11) is 3.07. The number of para-hydroxylation sites is 1. The van der Waals surface area contributed by atoms with Gasteiger partial charge in [-0.3, -0.25) is 0 Å². The standard InChI is InChI=1S/C22H22ClN3O3/c1-14-18-9-6-10-25(18)19-8-5-4-7-15(19)13-26(14)22(27)24-17-11-16(23)20(28-2)12-21(17)29-3/h4-12,14H,13H2,1-3H3,(H,24,27)/t14-/m1/s1. The van der Waals surface area contributed by atoms with E-state index in [-0.39, 0.29) is 12.1 Å². The number of rotatable bonds is 3. The van der Waals surface area contributed by atoms with Crippen molar-refractivity contribution in [2.24, 2.45) is 0 Å². The molecule has 1 N–H and O–H groups in total. The molecule has 1 aliphatic heterocycles. The highest BCUT2D eigenvalue weighted by atomic mass is 35.5. The third-order valence-corrected chi connectivity index (χ3v) is 5.54. The summed E-state index contributed by atoms with van der Waals surface area (Å²) in [5, 5.41) is 3.34. The Hall–Kier alpha value is -3.12. The number of methoxy groups -OCH3 is 2. The van der Waals surface area contributed by atoms with Gasteiger partial charge in [0.2, 0.25) is 0 Å². The van der Waals surface area contributed by atoms with Gasteiger partial charge in [-0.05, 0) is 36.8 Å². The highest BCUT2D eigenvalue weighted by Crippen LogP contribution is 2.37. The van der Waals surface area contributed by atoms with E-state index >= 15 is 0 Å². The number of nitrogens with zero attached hydrogens (tertiary/aromatic N) is 2. The summed E-state index contributed by atoms with van der Waals surface area (Å²) >= 11 is 6.25. The molecule has 0 saturated heterocycles. The molecule has 0 fully saturated rings. The molecule has 1 aromatic heterocycles. The van der Waals surface area contributed by atoms with Crippen molar-refractivity contribution >= 4 is 23.3 Å². The van der Waals surface area contributed by atoms with Crippen molar-refractivity contribution in [2.75, 3.05) is 19.5 Å². The Morgan fingerprint density at radius 3 is 2.62 bits per heavy atom. The van der Waals surface area contributed by atoms with Gasteiger partial charge in [0.25, 0.3) is 0 Å². The van der Waals surface area contributed by atoms with E-state index in [9.17, 15) is 4.79 Å². The van der Waals surface area contributed by atoms with E-state index in [1.165, 1.54) is 14.2 Å². The van der Waals surface area contributed by atoms with Crippen LogP contribution in [0.15, 0.2) is 54.7 Å². The first-order valence-electron chi connectivity index (χ1n) is 9.28. The summed E-state index contributed by atoms with van der Waals surface area (Å²) in [5.41, 5.74) is 3.69. The van der Waals surface area contributed by atoms with Gasteiger partial charge < -0.3 is 24.3 Å². The van der Waals surface area contributed by atoms with Crippen LogP contribution in [0.5, 0.6) is 11.5 Å². The Labute approximate surface area is 174 Å². The lowest BCUT2D eigenvalue weighted by Gasteiger charge is -2.28. The molecule has 0 bridgehead atoms. The molecule has 29 heavy (non-hydrogen) atoms. The summed E-state index contributed by atoms with van der Waals surface area (Å²) in [6, 6.07) is 15.1.